The molecule has 0 aliphatic heterocycles. The van der Waals surface area contributed by atoms with Crippen molar-refractivity contribution in [1.29, 1.82) is 0 Å². The average Bonchev–Trinajstić information content (AvgIpc) is 3.22. The van der Waals surface area contributed by atoms with E-state index in [1.807, 2.05) is 43.3 Å². The third-order valence-corrected chi connectivity index (χ3v) is 5.01. The highest BCUT2D eigenvalue weighted by Gasteiger charge is 2.20. The maximum Gasteiger partial charge on any atom is 0.254 e. The van der Waals surface area contributed by atoms with E-state index < -0.39 is 0 Å². The second-order valence-electron chi connectivity index (χ2n) is 7.13. The molecule has 0 N–H and O–H groups in total. The molecule has 0 bridgehead atoms. The van der Waals surface area contributed by atoms with Gasteiger partial charge in [-0.05, 0) is 68.5 Å². The molecule has 0 spiro atoms. The van der Waals surface area contributed by atoms with Crippen LogP contribution in [0.15, 0.2) is 42.5 Å². The van der Waals surface area contributed by atoms with E-state index in [0.29, 0.717) is 30.2 Å². The SMILES string of the molecule is CCOc1ccc(CN(C)C(=O)c2ccc(OC3CCCC3)c(OC)c2)cc1. The third-order valence-electron chi connectivity index (χ3n) is 5.01. The number of nitrogens with zero attached hydrogens (tertiary/aromatic N) is 1. The van der Waals surface area contributed by atoms with Gasteiger partial charge in [0.15, 0.2) is 11.5 Å². The quantitative estimate of drug-likeness (QED) is 0.664. The van der Waals surface area contributed by atoms with Crippen LogP contribution in [0.2, 0.25) is 0 Å². The van der Waals surface area contributed by atoms with Crippen molar-refractivity contribution in [1.82, 2.24) is 4.90 Å². The van der Waals surface area contributed by atoms with E-state index in [1.54, 1.807) is 25.1 Å². The first-order valence-electron chi connectivity index (χ1n) is 9.92. The molecular formula is C23H29NO4. The summed E-state index contributed by atoms with van der Waals surface area (Å²) in [7, 11) is 3.41. The number of carbonyl (C=O) groups excluding carboxylic acids is 1. The summed E-state index contributed by atoms with van der Waals surface area (Å²) in [4.78, 5) is 14.5. The minimum Gasteiger partial charge on any atom is -0.494 e. The van der Waals surface area contributed by atoms with Gasteiger partial charge in [0.2, 0.25) is 0 Å². The van der Waals surface area contributed by atoms with Crippen molar-refractivity contribution >= 4 is 5.91 Å². The van der Waals surface area contributed by atoms with Crippen LogP contribution >= 0.6 is 0 Å². The van der Waals surface area contributed by atoms with Crippen LogP contribution in [-0.4, -0.2) is 37.7 Å². The number of methoxy groups -OCH3 is 1. The largest absolute Gasteiger partial charge is 0.494 e. The Morgan fingerprint density at radius 3 is 2.43 bits per heavy atom. The van der Waals surface area contributed by atoms with Crippen LogP contribution < -0.4 is 14.2 Å². The van der Waals surface area contributed by atoms with Crippen LogP contribution in [0.1, 0.15) is 48.5 Å². The molecule has 1 saturated carbocycles. The molecule has 1 amide bonds. The van der Waals surface area contributed by atoms with E-state index in [9.17, 15) is 4.79 Å². The highest BCUT2D eigenvalue weighted by atomic mass is 16.5. The first-order chi connectivity index (χ1) is 13.6. The molecule has 1 aliphatic carbocycles. The average molecular weight is 383 g/mol. The Balaban J connectivity index is 1.66. The highest BCUT2D eigenvalue weighted by molar-refractivity contribution is 5.94. The lowest BCUT2D eigenvalue weighted by Gasteiger charge is -2.20. The Morgan fingerprint density at radius 1 is 1.07 bits per heavy atom. The van der Waals surface area contributed by atoms with Gasteiger partial charge in [-0.15, -0.1) is 0 Å². The lowest BCUT2D eigenvalue weighted by Crippen LogP contribution is -2.26. The van der Waals surface area contributed by atoms with Crippen molar-refractivity contribution < 1.29 is 19.0 Å². The summed E-state index contributed by atoms with van der Waals surface area (Å²) in [5.41, 5.74) is 1.64. The number of hydrogen-bond acceptors (Lipinski definition) is 4. The lowest BCUT2D eigenvalue weighted by atomic mass is 10.1. The predicted octanol–water partition coefficient (Wildman–Crippen LogP) is 4.69. The summed E-state index contributed by atoms with van der Waals surface area (Å²) in [6, 6.07) is 13.2. The third kappa shape index (κ3) is 4.97. The minimum absolute atomic E-state index is 0.0559. The standard InChI is InChI=1S/C23H29NO4/c1-4-27-19-12-9-17(10-13-19)16-24(2)23(25)18-11-14-21(22(15-18)26-3)28-20-7-5-6-8-20/h9-15,20H,4-8,16H2,1-3H3. The molecular weight excluding hydrogens is 354 g/mol. The maximum atomic E-state index is 12.8. The van der Waals surface area contributed by atoms with Gasteiger partial charge in [-0.2, -0.15) is 0 Å². The van der Waals surface area contributed by atoms with Crippen LogP contribution in [0.3, 0.4) is 0 Å². The topological polar surface area (TPSA) is 48.0 Å². The van der Waals surface area contributed by atoms with E-state index in [4.69, 9.17) is 14.2 Å². The van der Waals surface area contributed by atoms with Crippen molar-refractivity contribution in [3.8, 4) is 17.2 Å². The van der Waals surface area contributed by atoms with Gasteiger partial charge < -0.3 is 19.1 Å². The smallest absolute Gasteiger partial charge is 0.254 e. The molecule has 1 fully saturated rings. The van der Waals surface area contributed by atoms with Crippen molar-refractivity contribution in [3.63, 3.8) is 0 Å². The molecule has 0 heterocycles. The molecule has 5 nitrogen and oxygen atoms in total. The van der Waals surface area contributed by atoms with E-state index >= 15 is 0 Å². The monoisotopic (exact) mass is 383 g/mol. The van der Waals surface area contributed by atoms with E-state index in [0.717, 1.165) is 24.2 Å². The Labute approximate surface area is 167 Å². The lowest BCUT2D eigenvalue weighted by molar-refractivity contribution is 0.0784. The van der Waals surface area contributed by atoms with Crippen molar-refractivity contribution in [2.24, 2.45) is 0 Å². The summed E-state index contributed by atoms with van der Waals surface area (Å²) < 4.78 is 17.0. The van der Waals surface area contributed by atoms with Crippen LogP contribution in [0.5, 0.6) is 17.2 Å². The number of benzene rings is 2. The zero-order valence-electron chi connectivity index (χ0n) is 16.9. The molecule has 0 radical (unpaired) electrons. The minimum atomic E-state index is -0.0559. The molecule has 0 saturated heterocycles. The summed E-state index contributed by atoms with van der Waals surface area (Å²) in [6.07, 6.45) is 4.82. The molecule has 28 heavy (non-hydrogen) atoms. The highest BCUT2D eigenvalue weighted by Crippen LogP contribution is 2.32. The number of ether oxygens (including phenoxy) is 3. The number of amides is 1. The molecule has 0 aromatic heterocycles. The second-order valence-corrected chi connectivity index (χ2v) is 7.13. The second kappa shape index (κ2) is 9.49. The Morgan fingerprint density at radius 2 is 1.79 bits per heavy atom. The summed E-state index contributed by atoms with van der Waals surface area (Å²) in [6.45, 7) is 3.12. The number of rotatable bonds is 8. The Hall–Kier alpha value is -2.69. The van der Waals surface area contributed by atoms with Crippen molar-refractivity contribution in [2.75, 3.05) is 20.8 Å². The van der Waals surface area contributed by atoms with Gasteiger partial charge in [0.25, 0.3) is 5.91 Å². The van der Waals surface area contributed by atoms with Gasteiger partial charge in [-0.1, -0.05) is 12.1 Å². The fourth-order valence-corrected chi connectivity index (χ4v) is 3.51. The molecule has 3 rings (SSSR count). The summed E-state index contributed by atoms with van der Waals surface area (Å²) in [5.74, 6) is 2.09. The first kappa shape index (κ1) is 20.1. The first-order valence-corrected chi connectivity index (χ1v) is 9.92. The van der Waals surface area contributed by atoms with Crippen LogP contribution in [-0.2, 0) is 6.54 Å². The number of hydrogen-bond donors (Lipinski definition) is 0. The van der Waals surface area contributed by atoms with Crippen LogP contribution in [0.4, 0.5) is 0 Å². The van der Waals surface area contributed by atoms with Crippen molar-refractivity contribution in [2.45, 2.75) is 45.3 Å². The van der Waals surface area contributed by atoms with E-state index in [2.05, 4.69) is 0 Å². The molecule has 0 atom stereocenters. The van der Waals surface area contributed by atoms with E-state index in [1.165, 1.54) is 12.8 Å². The summed E-state index contributed by atoms with van der Waals surface area (Å²) >= 11 is 0. The molecule has 5 heteroatoms. The molecule has 150 valence electrons. The maximum absolute atomic E-state index is 12.8. The van der Waals surface area contributed by atoms with Gasteiger partial charge in [0, 0.05) is 19.2 Å². The van der Waals surface area contributed by atoms with E-state index in [-0.39, 0.29) is 12.0 Å². The fourth-order valence-electron chi connectivity index (χ4n) is 3.51. The predicted molar refractivity (Wildman–Crippen MR) is 109 cm³/mol. The van der Waals surface area contributed by atoms with Gasteiger partial charge in [-0.3, -0.25) is 4.79 Å². The number of carbonyl (C=O) groups is 1. The Bertz CT molecular complexity index is 782. The fraction of sp³-hybridized carbons (Fsp3) is 0.435. The van der Waals surface area contributed by atoms with Crippen LogP contribution in [0, 0.1) is 0 Å². The normalized spacial score (nSPS) is 14.0. The van der Waals surface area contributed by atoms with Crippen LogP contribution in [0.25, 0.3) is 0 Å². The molecule has 0 unspecified atom stereocenters. The van der Waals surface area contributed by atoms with Gasteiger partial charge in [-0.25, -0.2) is 0 Å². The zero-order valence-corrected chi connectivity index (χ0v) is 16.9. The summed E-state index contributed by atoms with van der Waals surface area (Å²) in [5, 5.41) is 0. The zero-order chi connectivity index (χ0) is 19.9. The van der Waals surface area contributed by atoms with Gasteiger partial charge >= 0.3 is 0 Å². The Kier molecular flexibility index (Phi) is 6.80. The van der Waals surface area contributed by atoms with Crippen molar-refractivity contribution in [3.05, 3.63) is 53.6 Å². The van der Waals surface area contributed by atoms with Gasteiger partial charge in [0.05, 0.1) is 19.8 Å². The molecule has 2 aromatic carbocycles. The molecule has 1 aliphatic rings. The molecule has 2 aromatic rings. The van der Waals surface area contributed by atoms with Gasteiger partial charge in [0.1, 0.15) is 5.75 Å².